The van der Waals surface area contributed by atoms with E-state index in [1.165, 1.54) is 0 Å². The largest absolute Gasteiger partial charge is 0.480 e. The number of amides is 1. The van der Waals surface area contributed by atoms with Crippen LogP contribution in [0, 0.1) is 0 Å². The maximum atomic E-state index is 12.4. The van der Waals surface area contributed by atoms with Gasteiger partial charge >= 0.3 is 0 Å². The van der Waals surface area contributed by atoms with E-state index in [0.29, 0.717) is 24.6 Å². The molecule has 0 spiro atoms. The first-order valence-corrected chi connectivity index (χ1v) is 8.32. The molecule has 1 aliphatic heterocycles. The van der Waals surface area contributed by atoms with Gasteiger partial charge in [0, 0.05) is 5.56 Å². The highest BCUT2D eigenvalue weighted by Gasteiger charge is 2.25. The summed E-state index contributed by atoms with van der Waals surface area (Å²) < 4.78 is 11.3. The molecule has 0 unspecified atom stereocenters. The topological polar surface area (TPSA) is 64.4 Å². The quantitative estimate of drug-likeness (QED) is 0.795. The zero-order valence-electron chi connectivity index (χ0n) is 13.6. The summed E-state index contributed by atoms with van der Waals surface area (Å²) in [5.41, 5.74) is 2.74. The number of hydrogen-bond acceptors (Lipinski definition) is 4. The first-order valence-electron chi connectivity index (χ1n) is 8.32. The summed E-state index contributed by atoms with van der Waals surface area (Å²) in [6.45, 7) is 0.316. The molecule has 0 fully saturated rings. The van der Waals surface area contributed by atoms with Gasteiger partial charge in [0.2, 0.25) is 5.89 Å². The maximum Gasteiger partial charge on any atom is 0.261 e. The molecular formula is C20H18N2O3. The number of para-hydroxylation sites is 1. The van der Waals surface area contributed by atoms with Crippen LogP contribution < -0.4 is 10.1 Å². The van der Waals surface area contributed by atoms with Crippen molar-refractivity contribution >= 4 is 5.91 Å². The van der Waals surface area contributed by atoms with Gasteiger partial charge in [-0.25, -0.2) is 4.98 Å². The minimum absolute atomic E-state index is 0.126. The van der Waals surface area contributed by atoms with Crippen LogP contribution >= 0.6 is 0 Å². The summed E-state index contributed by atoms with van der Waals surface area (Å²) in [5, 5.41) is 2.88. The highest BCUT2D eigenvalue weighted by Crippen LogP contribution is 2.27. The maximum absolute atomic E-state index is 12.4. The number of aryl methyl sites for hydroxylation is 1. The Labute approximate surface area is 145 Å². The Morgan fingerprint density at radius 1 is 1.12 bits per heavy atom. The van der Waals surface area contributed by atoms with Crippen LogP contribution in [0.5, 0.6) is 5.75 Å². The lowest BCUT2D eigenvalue weighted by Gasteiger charge is -2.25. The second-order valence-corrected chi connectivity index (χ2v) is 5.98. The first kappa shape index (κ1) is 15.4. The van der Waals surface area contributed by atoms with Gasteiger partial charge in [0.25, 0.3) is 5.91 Å². The molecule has 126 valence electrons. The highest BCUT2D eigenvalue weighted by molar-refractivity contribution is 5.81. The Morgan fingerprint density at radius 2 is 1.92 bits per heavy atom. The number of carbonyl (C=O) groups excluding carboxylic acids is 1. The molecular weight excluding hydrogens is 316 g/mol. The van der Waals surface area contributed by atoms with Crippen LogP contribution in [0.25, 0.3) is 11.5 Å². The Hall–Kier alpha value is -3.08. The fourth-order valence-corrected chi connectivity index (χ4v) is 2.90. The second kappa shape index (κ2) is 6.81. The zero-order valence-corrected chi connectivity index (χ0v) is 13.6. The molecule has 0 aliphatic carbocycles. The van der Waals surface area contributed by atoms with E-state index in [0.717, 1.165) is 23.3 Å². The third kappa shape index (κ3) is 3.40. The summed E-state index contributed by atoms with van der Waals surface area (Å²) in [6, 6.07) is 17.5. The van der Waals surface area contributed by atoms with Gasteiger partial charge in [-0.05, 0) is 36.6 Å². The molecule has 1 atom stereocenters. The van der Waals surface area contributed by atoms with E-state index in [4.69, 9.17) is 9.15 Å². The van der Waals surface area contributed by atoms with Crippen molar-refractivity contribution in [2.45, 2.75) is 25.5 Å². The number of nitrogens with one attached hydrogen (secondary N) is 1. The van der Waals surface area contributed by atoms with Crippen molar-refractivity contribution < 1.29 is 13.9 Å². The molecule has 5 nitrogen and oxygen atoms in total. The van der Waals surface area contributed by atoms with Crippen LogP contribution in [0.15, 0.2) is 65.3 Å². The van der Waals surface area contributed by atoms with E-state index in [-0.39, 0.29) is 5.91 Å². The molecule has 0 saturated heterocycles. The van der Waals surface area contributed by atoms with Crippen molar-refractivity contribution in [3.8, 4) is 17.2 Å². The fraction of sp³-hybridized carbons (Fsp3) is 0.200. The molecule has 1 N–H and O–H groups in total. The summed E-state index contributed by atoms with van der Waals surface area (Å²) in [6.07, 6.45) is 2.63. The normalized spacial score (nSPS) is 15.9. The predicted octanol–water partition coefficient (Wildman–Crippen LogP) is 3.35. The van der Waals surface area contributed by atoms with Gasteiger partial charge < -0.3 is 14.5 Å². The third-order valence-electron chi connectivity index (χ3n) is 4.23. The number of carbonyl (C=O) groups is 1. The number of rotatable bonds is 4. The van der Waals surface area contributed by atoms with E-state index in [1.54, 1.807) is 6.26 Å². The van der Waals surface area contributed by atoms with Gasteiger partial charge in [0.1, 0.15) is 12.0 Å². The number of oxazole rings is 1. The van der Waals surface area contributed by atoms with Crippen LogP contribution in [-0.4, -0.2) is 17.0 Å². The number of hydrogen-bond donors (Lipinski definition) is 1. The number of benzene rings is 2. The average Bonchev–Trinajstić information content (AvgIpc) is 3.15. The van der Waals surface area contributed by atoms with E-state index < -0.39 is 6.10 Å². The second-order valence-electron chi connectivity index (χ2n) is 5.98. The van der Waals surface area contributed by atoms with Gasteiger partial charge in [-0.3, -0.25) is 4.79 Å². The summed E-state index contributed by atoms with van der Waals surface area (Å²) in [4.78, 5) is 16.8. The van der Waals surface area contributed by atoms with Gasteiger partial charge in [-0.1, -0.05) is 36.4 Å². The molecule has 25 heavy (non-hydrogen) atoms. The van der Waals surface area contributed by atoms with E-state index in [9.17, 15) is 4.79 Å². The van der Waals surface area contributed by atoms with Gasteiger partial charge in [-0.2, -0.15) is 0 Å². The van der Waals surface area contributed by atoms with Crippen molar-refractivity contribution in [2.75, 3.05) is 0 Å². The highest BCUT2D eigenvalue weighted by atomic mass is 16.5. The first-order chi connectivity index (χ1) is 12.3. The minimum Gasteiger partial charge on any atom is -0.480 e. The van der Waals surface area contributed by atoms with Crippen LogP contribution in [0.4, 0.5) is 0 Å². The number of nitrogens with zero attached hydrogens (tertiary/aromatic N) is 1. The Bertz CT molecular complexity index is 873. The van der Waals surface area contributed by atoms with Crippen LogP contribution in [-0.2, 0) is 17.8 Å². The van der Waals surface area contributed by atoms with Gasteiger partial charge in [-0.15, -0.1) is 0 Å². The number of fused-ring (bicyclic) bond motifs is 1. The zero-order chi connectivity index (χ0) is 17.1. The van der Waals surface area contributed by atoms with Crippen LogP contribution in [0.3, 0.4) is 0 Å². The van der Waals surface area contributed by atoms with Crippen molar-refractivity contribution in [3.63, 3.8) is 0 Å². The SMILES string of the molecule is O=C(NCc1coc(-c2ccccc2)n1)[C@@H]1CCc2ccccc2O1. The van der Waals surface area contributed by atoms with E-state index >= 15 is 0 Å². The lowest BCUT2D eigenvalue weighted by Crippen LogP contribution is -2.40. The summed E-state index contributed by atoms with van der Waals surface area (Å²) >= 11 is 0. The van der Waals surface area contributed by atoms with Crippen molar-refractivity contribution in [1.29, 1.82) is 0 Å². The van der Waals surface area contributed by atoms with Crippen molar-refractivity contribution in [2.24, 2.45) is 0 Å². The molecule has 1 aromatic heterocycles. The molecule has 5 heteroatoms. The summed E-state index contributed by atoms with van der Waals surface area (Å²) in [7, 11) is 0. The lowest BCUT2D eigenvalue weighted by molar-refractivity contribution is -0.128. The van der Waals surface area contributed by atoms with E-state index in [1.807, 2.05) is 54.6 Å². The summed E-state index contributed by atoms with van der Waals surface area (Å²) in [5.74, 6) is 1.22. The Balaban J connectivity index is 1.36. The van der Waals surface area contributed by atoms with Crippen molar-refractivity contribution in [3.05, 3.63) is 72.1 Å². The standard InChI is InChI=1S/C20H18N2O3/c23-19(18-11-10-14-6-4-5-9-17(14)25-18)21-12-16-13-24-20(22-16)15-7-2-1-3-8-15/h1-9,13,18H,10-12H2,(H,21,23)/t18-/m0/s1. The predicted molar refractivity (Wildman–Crippen MR) is 93.0 cm³/mol. The Morgan fingerprint density at radius 3 is 2.80 bits per heavy atom. The molecule has 1 aliphatic rings. The Kier molecular flexibility index (Phi) is 4.21. The molecule has 4 rings (SSSR count). The molecule has 2 heterocycles. The van der Waals surface area contributed by atoms with Crippen molar-refractivity contribution in [1.82, 2.24) is 10.3 Å². The smallest absolute Gasteiger partial charge is 0.261 e. The molecule has 0 radical (unpaired) electrons. The van der Waals surface area contributed by atoms with E-state index in [2.05, 4.69) is 10.3 Å². The van der Waals surface area contributed by atoms with Crippen LogP contribution in [0.2, 0.25) is 0 Å². The average molecular weight is 334 g/mol. The molecule has 2 aromatic carbocycles. The van der Waals surface area contributed by atoms with Gasteiger partial charge in [0.15, 0.2) is 6.10 Å². The number of aromatic nitrogens is 1. The molecule has 0 saturated carbocycles. The third-order valence-corrected chi connectivity index (χ3v) is 4.23. The monoisotopic (exact) mass is 334 g/mol. The molecule has 1 amide bonds. The number of ether oxygens (including phenoxy) is 1. The van der Waals surface area contributed by atoms with Crippen LogP contribution in [0.1, 0.15) is 17.7 Å². The molecule has 3 aromatic rings. The van der Waals surface area contributed by atoms with Gasteiger partial charge in [0.05, 0.1) is 12.2 Å². The minimum atomic E-state index is -0.463. The fourth-order valence-electron chi connectivity index (χ4n) is 2.90. The lowest BCUT2D eigenvalue weighted by atomic mass is 10.0. The molecule has 0 bridgehead atoms.